The van der Waals surface area contributed by atoms with Crippen LogP contribution in [0.15, 0.2) is 36.7 Å². The maximum Gasteiger partial charge on any atom is 0.410 e. The molecule has 0 unspecified atom stereocenters. The van der Waals surface area contributed by atoms with E-state index in [0.29, 0.717) is 37.6 Å². The average Bonchev–Trinajstić information content (AvgIpc) is 3.22. The second kappa shape index (κ2) is 5.42. The number of amides is 2. The van der Waals surface area contributed by atoms with E-state index in [1.54, 1.807) is 9.80 Å². The SMILES string of the molecule is O=C(c1[nH]cnc1-c1ccccc1)N1CCN2C(=O)OC[C@H]2C1. The Kier molecular flexibility index (Phi) is 3.25. The number of piperazine rings is 1. The highest BCUT2D eigenvalue weighted by atomic mass is 16.6. The summed E-state index contributed by atoms with van der Waals surface area (Å²) in [5.74, 6) is -0.0969. The molecule has 3 heterocycles. The molecule has 7 heteroatoms. The van der Waals surface area contributed by atoms with Crippen molar-refractivity contribution in [2.45, 2.75) is 6.04 Å². The molecule has 2 fully saturated rings. The summed E-state index contributed by atoms with van der Waals surface area (Å²) < 4.78 is 5.04. The van der Waals surface area contributed by atoms with Crippen LogP contribution < -0.4 is 0 Å². The van der Waals surface area contributed by atoms with Crippen molar-refractivity contribution in [1.82, 2.24) is 19.8 Å². The van der Waals surface area contributed by atoms with E-state index in [2.05, 4.69) is 9.97 Å². The Morgan fingerprint density at radius 3 is 2.91 bits per heavy atom. The molecule has 2 aromatic rings. The fraction of sp³-hybridized carbons (Fsp3) is 0.312. The largest absolute Gasteiger partial charge is 0.447 e. The molecule has 0 saturated carbocycles. The van der Waals surface area contributed by atoms with Crippen LogP contribution in [0.4, 0.5) is 4.79 Å². The highest BCUT2D eigenvalue weighted by Crippen LogP contribution is 2.23. The van der Waals surface area contributed by atoms with E-state index >= 15 is 0 Å². The number of hydrogen-bond acceptors (Lipinski definition) is 4. The van der Waals surface area contributed by atoms with Crippen molar-refractivity contribution in [3.8, 4) is 11.3 Å². The van der Waals surface area contributed by atoms with Gasteiger partial charge in [0.2, 0.25) is 0 Å². The lowest BCUT2D eigenvalue weighted by Crippen LogP contribution is -2.53. The maximum absolute atomic E-state index is 12.8. The van der Waals surface area contributed by atoms with Gasteiger partial charge in [0.15, 0.2) is 0 Å². The molecule has 0 bridgehead atoms. The van der Waals surface area contributed by atoms with Gasteiger partial charge in [0.25, 0.3) is 5.91 Å². The zero-order valence-corrected chi connectivity index (χ0v) is 12.4. The van der Waals surface area contributed by atoms with Crippen molar-refractivity contribution in [2.75, 3.05) is 26.2 Å². The van der Waals surface area contributed by atoms with Gasteiger partial charge in [-0.3, -0.25) is 9.69 Å². The van der Waals surface area contributed by atoms with Crippen LogP contribution in [0.2, 0.25) is 0 Å². The summed E-state index contributed by atoms with van der Waals surface area (Å²) in [6, 6.07) is 9.55. The van der Waals surface area contributed by atoms with Crippen molar-refractivity contribution < 1.29 is 14.3 Å². The number of aromatic nitrogens is 2. The van der Waals surface area contributed by atoms with Gasteiger partial charge in [-0.05, 0) is 0 Å². The fourth-order valence-electron chi connectivity index (χ4n) is 3.10. The molecular weight excluding hydrogens is 296 g/mol. The van der Waals surface area contributed by atoms with Crippen LogP contribution in [0.25, 0.3) is 11.3 Å². The molecule has 23 heavy (non-hydrogen) atoms. The number of hydrogen-bond donors (Lipinski definition) is 1. The monoisotopic (exact) mass is 312 g/mol. The Morgan fingerprint density at radius 2 is 2.09 bits per heavy atom. The van der Waals surface area contributed by atoms with Crippen LogP contribution >= 0.6 is 0 Å². The van der Waals surface area contributed by atoms with Crippen LogP contribution in [0.3, 0.4) is 0 Å². The maximum atomic E-state index is 12.8. The van der Waals surface area contributed by atoms with Crippen molar-refractivity contribution in [3.05, 3.63) is 42.4 Å². The number of imidazole rings is 1. The molecule has 118 valence electrons. The van der Waals surface area contributed by atoms with E-state index in [0.717, 1.165) is 5.56 Å². The first-order valence-electron chi connectivity index (χ1n) is 7.55. The predicted molar refractivity (Wildman–Crippen MR) is 81.8 cm³/mol. The lowest BCUT2D eigenvalue weighted by atomic mass is 10.1. The number of H-pyrrole nitrogens is 1. The van der Waals surface area contributed by atoms with Gasteiger partial charge in [-0.1, -0.05) is 30.3 Å². The van der Waals surface area contributed by atoms with E-state index in [1.807, 2.05) is 30.3 Å². The number of nitrogens with one attached hydrogen (secondary N) is 1. The smallest absolute Gasteiger partial charge is 0.410 e. The Hall–Kier alpha value is -2.83. The van der Waals surface area contributed by atoms with Crippen LogP contribution in [-0.2, 0) is 4.74 Å². The van der Waals surface area contributed by atoms with Crippen molar-refractivity contribution in [2.24, 2.45) is 0 Å². The summed E-state index contributed by atoms with van der Waals surface area (Å²) in [4.78, 5) is 35.1. The highest BCUT2D eigenvalue weighted by molar-refractivity contribution is 5.98. The summed E-state index contributed by atoms with van der Waals surface area (Å²) in [7, 11) is 0. The molecule has 2 aliphatic heterocycles. The van der Waals surface area contributed by atoms with Crippen molar-refractivity contribution >= 4 is 12.0 Å². The molecule has 2 aliphatic rings. The molecule has 2 amide bonds. The van der Waals surface area contributed by atoms with E-state index in [1.165, 1.54) is 6.33 Å². The Morgan fingerprint density at radius 1 is 1.26 bits per heavy atom. The molecule has 0 aliphatic carbocycles. The predicted octanol–water partition coefficient (Wildman–Crippen LogP) is 1.35. The number of nitrogens with zero attached hydrogens (tertiary/aromatic N) is 3. The van der Waals surface area contributed by atoms with E-state index < -0.39 is 0 Å². The van der Waals surface area contributed by atoms with Crippen molar-refractivity contribution in [3.63, 3.8) is 0 Å². The first kappa shape index (κ1) is 13.8. The summed E-state index contributed by atoms with van der Waals surface area (Å²) in [6.45, 7) is 1.83. The summed E-state index contributed by atoms with van der Waals surface area (Å²) in [5.41, 5.74) is 2.03. The first-order chi connectivity index (χ1) is 11.2. The molecule has 0 spiro atoms. The molecule has 1 atom stereocenters. The van der Waals surface area contributed by atoms with Gasteiger partial charge < -0.3 is 14.6 Å². The van der Waals surface area contributed by atoms with Gasteiger partial charge in [0.1, 0.15) is 18.0 Å². The molecule has 1 N–H and O–H groups in total. The number of rotatable bonds is 2. The normalized spacial score (nSPS) is 20.3. The van der Waals surface area contributed by atoms with Gasteiger partial charge in [-0.25, -0.2) is 9.78 Å². The van der Waals surface area contributed by atoms with E-state index in [9.17, 15) is 9.59 Å². The third-order valence-electron chi connectivity index (χ3n) is 4.30. The highest BCUT2D eigenvalue weighted by Gasteiger charge is 2.39. The molecular formula is C16H16N4O3. The Bertz CT molecular complexity index is 743. The number of fused-ring (bicyclic) bond motifs is 1. The van der Waals surface area contributed by atoms with Crippen LogP contribution in [0.1, 0.15) is 10.5 Å². The first-order valence-corrected chi connectivity index (χ1v) is 7.55. The number of benzene rings is 1. The van der Waals surface area contributed by atoms with Crippen LogP contribution in [0, 0.1) is 0 Å². The van der Waals surface area contributed by atoms with Crippen molar-refractivity contribution in [1.29, 1.82) is 0 Å². The molecule has 0 radical (unpaired) electrons. The van der Waals surface area contributed by atoms with Crippen LogP contribution in [-0.4, -0.2) is 64.1 Å². The minimum absolute atomic E-state index is 0.0525. The van der Waals surface area contributed by atoms with Gasteiger partial charge >= 0.3 is 6.09 Å². The zero-order chi connectivity index (χ0) is 15.8. The number of cyclic esters (lactones) is 1. The molecule has 7 nitrogen and oxygen atoms in total. The topological polar surface area (TPSA) is 78.5 Å². The van der Waals surface area contributed by atoms with E-state index in [-0.39, 0.29) is 18.0 Å². The summed E-state index contributed by atoms with van der Waals surface area (Å²) in [6.07, 6.45) is 1.25. The third-order valence-corrected chi connectivity index (χ3v) is 4.30. The number of carbonyl (C=O) groups is 2. The fourth-order valence-corrected chi connectivity index (χ4v) is 3.10. The number of ether oxygens (including phenoxy) is 1. The lowest BCUT2D eigenvalue weighted by molar-refractivity contribution is 0.0612. The standard InChI is InChI=1S/C16H16N4O3/c21-15(19-6-7-20-12(8-19)9-23-16(20)22)14-13(17-10-18-14)11-4-2-1-3-5-11/h1-5,10,12H,6-9H2,(H,17,18)/t12-/m1/s1. The zero-order valence-electron chi connectivity index (χ0n) is 12.4. The number of aromatic amines is 1. The van der Waals surface area contributed by atoms with Gasteiger partial charge in [-0.2, -0.15) is 0 Å². The summed E-state index contributed by atoms with van der Waals surface area (Å²) in [5, 5.41) is 0. The molecule has 1 aromatic heterocycles. The Balaban J connectivity index is 1.57. The van der Waals surface area contributed by atoms with E-state index in [4.69, 9.17) is 4.74 Å². The van der Waals surface area contributed by atoms with Gasteiger partial charge in [-0.15, -0.1) is 0 Å². The third kappa shape index (κ3) is 2.34. The van der Waals surface area contributed by atoms with Gasteiger partial charge in [0.05, 0.1) is 12.4 Å². The minimum atomic E-state index is -0.284. The van der Waals surface area contributed by atoms with Gasteiger partial charge in [0, 0.05) is 25.2 Å². The second-order valence-corrected chi connectivity index (χ2v) is 5.67. The van der Waals surface area contributed by atoms with Crippen LogP contribution in [0.5, 0.6) is 0 Å². The summed E-state index contributed by atoms with van der Waals surface area (Å²) >= 11 is 0. The molecule has 2 saturated heterocycles. The molecule has 1 aromatic carbocycles. The second-order valence-electron chi connectivity index (χ2n) is 5.67. The minimum Gasteiger partial charge on any atom is -0.447 e. The average molecular weight is 312 g/mol. The molecule has 4 rings (SSSR count). The Labute approximate surface area is 132 Å². The lowest BCUT2D eigenvalue weighted by Gasteiger charge is -2.35. The number of carbonyl (C=O) groups excluding carboxylic acids is 2. The quantitative estimate of drug-likeness (QED) is 0.908.